The first-order valence-corrected chi connectivity index (χ1v) is 6.32. The number of carbonyl (C=O) groups excluding carboxylic acids is 1. The lowest BCUT2D eigenvalue weighted by Crippen LogP contribution is -2.15. The fourth-order valence-electron chi connectivity index (χ4n) is 1.78. The Labute approximate surface area is 118 Å². The monoisotopic (exact) mass is 301 g/mol. The van der Waals surface area contributed by atoms with Crippen LogP contribution in [0, 0.1) is 0 Å². The van der Waals surface area contributed by atoms with Crippen molar-refractivity contribution in [3.63, 3.8) is 0 Å². The highest BCUT2D eigenvalue weighted by Gasteiger charge is 2.37. The van der Waals surface area contributed by atoms with Crippen molar-refractivity contribution >= 4 is 22.7 Å². The van der Waals surface area contributed by atoms with Crippen molar-refractivity contribution in [1.29, 1.82) is 0 Å². The van der Waals surface area contributed by atoms with Crippen molar-refractivity contribution in [2.45, 2.75) is 19.0 Å². The lowest BCUT2D eigenvalue weighted by atomic mass is 10.2. The van der Waals surface area contributed by atoms with Gasteiger partial charge in [-0.2, -0.15) is 13.2 Å². The van der Waals surface area contributed by atoms with Crippen LogP contribution in [-0.4, -0.2) is 24.5 Å². The number of fused-ring (bicyclic) bond motifs is 1. The van der Waals surface area contributed by atoms with E-state index < -0.39 is 12.1 Å². The van der Waals surface area contributed by atoms with Gasteiger partial charge in [0.05, 0.1) is 0 Å². The average molecular weight is 301 g/mol. The number of hydrogen-bond acceptors (Lipinski definition) is 4. The molecule has 0 atom stereocenters. The van der Waals surface area contributed by atoms with E-state index in [-0.39, 0.29) is 17.0 Å². The van der Waals surface area contributed by atoms with Crippen LogP contribution in [0.2, 0.25) is 0 Å². The number of aromatic nitrogens is 1. The molecule has 5 nitrogen and oxygen atoms in total. The van der Waals surface area contributed by atoms with Gasteiger partial charge in [-0.1, -0.05) is 0 Å². The molecular formula is C13H14F3N3O2. The second-order valence-electron chi connectivity index (χ2n) is 4.45. The summed E-state index contributed by atoms with van der Waals surface area (Å²) in [6.07, 6.45) is -3.63. The third-order valence-corrected chi connectivity index (χ3v) is 2.74. The predicted octanol–water partition coefficient (Wildman–Crippen LogP) is 2.78. The molecule has 8 heteroatoms. The van der Waals surface area contributed by atoms with Crippen molar-refractivity contribution in [2.24, 2.45) is 0 Å². The van der Waals surface area contributed by atoms with Gasteiger partial charge in [-0.05, 0) is 38.2 Å². The molecule has 0 spiro atoms. The molecule has 1 aromatic carbocycles. The summed E-state index contributed by atoms with van der Waals surface area (Å²) < 4.78 is 42.0. The average Bonchev–Trinajstić information content (AvgIpc) is 2.82. The van der Waals surface area contributed by atoms with Crippen molar-refractivity contribution in [1.82, 2.24) is 10.3 Å². The van der Waals surface area contributed by atoms with Crippen LogP contribution in [0.15, 0.2) is 22.6 Å². The van der Waals surface area contributed by atoms with Crippen molar-refractivity contribution in [3.8, 4) is 0 Å². The number of nitrogens with zero attached hydrogens (tertiary/aromatic N) is 1. The Balaban J connectivity index is 2.10. The Bertz CT molecular complexity index is 637. The summed E-state index contributed by atoms with van der Waals surface area (Å²) in [5, 5.41) is 5.53. The molecule has 2 aromatic rings. The molecule has 114 valence electrons. The van der Waals surface area contributed by atoms with Gasteiger partial charge in [0.1, 0.15) is 5.52 Å². The molecule has 0 saturated heterocycles. The molecule has 0 aliphatic rings. The lowest BCUT2D eigenvalue weighted by Gasteiger charge is -2.04. The molecule has 1 amide bonds. The van der Waals surface area contributed by atoms with Crippen LogP contribution >= 0.6 is 0 Å². The maximum Gasteiger partial charge on any atom is 0.468 e. The maximum atomic E-state index is 12.5. The molecular weight excluding hydrogens is 287 g/mol. The summed E-state index contributed by atoms with van der Waals surface area (Å²) in [7, 11) is 1.79. The highest BCUT2D eigenvalue weighted by Crippen LogP contribution is 2.31. The van der Waals surface area contributed by atoms with E-state index in [2.05, 4.69) is 20.0 Å². The SMILES string of the molecule is CNCCCC(=O)Nc1ccc2oc(C(F)(F)F)nc2c1. The number of alkyl halides is 3. The normalized spacial score (nSPS) is 11.8. The fourth-order valence-corrected chi connectivity index (χ4v) is 1.78. The molecule has 2 rings (SSSR count). The minimum Gasteiger partial charge on any atom is -0.433 e. The number of rotatable bonds is 5. The van der Waals surface area contributed by atoms with E-state index >= 15 is 0 Å². The lowest BCUT2D eigenvalue weighted by molar-refractivity contribution is -0.156. The van der Waals surface area contributed by atoms with Crippen LogP contribution in [-0.2, 0) is 11.0 Å². The number of nitrogens with one attached hydrogen (secondary N) is 2. The molecule has 0 radical (unpaired) electrons. The number of hydrogen-bond donors (Lipinski definition) is 2. The maximum absolute atomic E-state index is 12.5. The second kappa shape index (κ2) is 6.13. The van der Waals surface area contributed by atoms with E-state index in [0.717, 1.165) is 0 Å². The fraction of sp³-hybridized carbons (Fsp3) is 0.385. The number of oxazole rings is 1. The number of carbonyl (C=O) groups is 1. The zero-order chi connectivity index (χ0) is 15.5. The Kier molecular flexibility index (Phi) is 4.46. The van der Waals surface area contributed by atoms with Gasteiger partial charge in [-0.25, -0.2) is 4.98 Å². The van der Waals surface area contributed by atoms with Crippen molar-refractivity contribution < 1.29 is 22.4 Å². The minimum absolute atomic E-state index is 0.0236. The van der Waals surface area contributed by atoms with Gasteiger partial charge in [0.25, 0.3) is 0 Å². The van der Waals surface area contributed by atoms with E-state index in [1.807, 2.05) is 0 Å². The molecule has 0 bridgehead atoms. The smallest absolute Gasteiger partial charge is 0.433 e. The van der Waals surface area contributed by atoms with Gasteiger partial charge in [0.15, 0.2) is 5.58 Å². The molecule has 2 N–H and O–H groups in total. The number of amides is 1. The zero-order valence-electron chi connectivity index (χ0n) is 11.3. The Morgan fingerprint density at radius 1 is 1.38 bits per heavy atom. The van der Waals surface area contributed by atoms with E-state index in [0.29, 0.717) is 25.1 Å². The largest absolute Gasteiger partial charge is 0.468 e. The van der Waals surface area contributed by atoms with Gasteiger partial charge in [0.2, 0.25) is 5.91 Å². The summed E-state index contributed by atoms with van der Waals surface area (Å²) in [4.78, 5) is 15.0. The first kappa shape index (κ1) is 15.3. The third-order valence-electron chi connectivity index (χ3n) is 2.74. The van der Waals surface area contributed by atoms with Crippen molar-refractivity contribution in [3.05, 3.63) is 24.1 Å². The van der Waals surface area contributed by atoms with Crippen LogP contribution in [0.3, 0.4) is 0 Å². The molecule has 0 aliphatic heterocycles. The summed E-state index contributed by atoms with van der Waals surface area (Å²) in [5.74, 6) is -1.50. The van der Waals surface area contributed by atoms with Crippen LogP contribution in [0.4, 0.5) is 18.9 Å². The van der Waals surface area contributed by atoms with E-state index in [1.54, 1.807) is 7.05 Å². The minimum atomic E-state index is -4.63. The first-order valence-electron chi connectivity index (χ1n) is 6.32. The Morgan fingerprint density at radius 2 is 2.14 bits per heavy atom. The zero-order valence-corrected chi connectivity index (χ0v) is 11.3. The van der Waals surface area contributed by atoms with Crippen LogP contribution in [0.25, 0.3) is 11.1 Å². The molecule has 0 fully saturated rings. The first-order chi connectivity index (χ1) is 9.90. The molecule has 0 aliphatic carbocycles. The molecule has 1 heterocycles. The molecule has 1 aromatic heterocycles. The second-order valence-corrected chi connectivity index (χ2v) is 4.45. The predicted molar refractivity (Wildman–Crippen MR) is 70.8 cm³/mol. The van der Waals surface area contributed by atoms with Gasteiger partial charge >= 0.3 is 12.1 Å². The Hall–Kier alpha value is -2.09. The Morgan fingerprint density at radius 3 is 2.81 bits per heavy atom. The quantitative estimate of drug-likeness (QED) is 0.833. The van der Waals surface area contributed by atoms with Gasteiger partial charge in [0, 0.05) is 12.1 Å². The highest BCUT2D eigenvalue weighted by atomic mass is 19.4. The number of halogens is 3. The van der Waals surface area contributed by atoms with Crippen LogP contribution in [0.5, 0.6) is 0 Å². The van der Waals surface area contributed by atoms with Crippen molar-refractivity contribution in [2.75, 3.05) is 18.9 Å². The highest BCUT2D eigenvalue weighted by molar-refractivity contribution is 5.92. The van der Waals surface area contributed by atoms with Gasteiger partial charge in [-0.15, -0.1) is 0 Å². The molecule has 0 unspecified atom stereocenters. The summed E-state index contributed by atoms with van der Waals surface area (Å²) >= 11 is 0. The summed E-state index contributed by atoms with van der Waals surface area (Å²) in [6.45, 7) is 0.713. The summed E-state index contributed by atoms with van der Waals surface area (Å²) in [5.41, 5.74) is 0.463. The van der Waals surface area contributed by atoms with E-state index in [9.17, 15) is 18.0 Å². The van der Waals surface area contributed by atoms with E-state index in [1.165, 1.54) is 18.2 Å². The van der Waals surface area contributed by atoms with Crippen LogP contribution in [0.1, 0.15) is 18.7 Å². The number of anilines is 1. The third kappa shape index (κ3) is 3.94. The van der Waals surface area contributed by atoms with Crippen LogP contribution < -0.4 is 10.6 Å². The standard InChI is InChI=1S/C13H14F3N3O2/c1-17-6-2-3-11(20)18-8-4-5-10-9(7-8)19-12(21-10)13(14,15)16/h4-5,7,17H,2-3,6H2,1H3,(H,18,20). The van der Waals surface area contributed by atoms with Gasteiger partial charge in [-0.3, -0.25) is 4.79 Å². The molecule has 21 heavy (non-hydrogen) atoms. The topological polar surface area (TPSA) is 67.2 Å². The molecule has 0 saturated carbocycles. The van der Waals surface area contributed by atoms with Gasteiger partial charge < -0.3 is 15.1 Å². The summed E-state index contributed by atoms with van der Waals surface area (Å²) in [6, 6.07) is 4.18. The number of benzene rings is 1. The van der Waals surface area contributed by atoms with E-state index in [4.69, 9.17) is 0 Å².